The van der Waals surface area contributed by atoms with Crippen LogP contribution in [0.4, 0.5) is 13.9 Å². The maximum absolute atomic E-state index is 14.3. The van der Waals surface area contributed by atoms with Crippen molar-refractivity contribution in [3.05, 3.63) is 92.9 Å². The van der Waals surface area contributed by atoms with Crippen LogP contribution in [0.1, 0.15) is 26.8 Å². The molecular formula is C23H14F2N2O3S2. The molecule has 9 heteroatoms. The number of anilines is 1. The van der Waals surface area contributed by atoms with Gasteiger partial charge in [0.15, 0.2) is 16.7 Å². The third kappa shape index (κ3) is 3.21. The first-order chi connectivity index (χ1) is 15.3. The van der Waals surface area contributed by atoms with Crippen molar-refractivity contribution in [2.75, 3.05) is 4.90 Å². The highest BCUT2D eigenvalue weighted by molar-refractivity contribution is 7.22. The number of halogens is 2. The summed E-state index contributed by atoms with van der Waals surface area (Å²) in [5.74, 6) is -3.59. The van der Waals surface area contributed by atoms with Gasteiger partial charge in [0, 0.05) is 6.07 Å². The number of carbonyl (C=O) groups excluding carboxylic acids is 2. The maximum Gasteiger partial charge on any atom is 0.296 e. The van der Waals surface area contributed by atoms with E-state index < -0.39 is 35.1 Å². The number of thiazole rings is 1. The van der Waals surface area contributed by atoms with Gasteiger partial charge in [0.25, 0.3) is 5.91 Å². The number of thiophene rings is 1. The predicted octanol–water partition coefficient (Wildman–Crippen LogP) is 5.73. The second-order valence-corrected chi connectivity index (χ2v) is 9.25. The van der Waals surface area contributed by atoms with Crippen molar-refractivity contribution in [2.24, 2.45) is 0 Å². The Labute approximate surface area is 188 Å². The Morgan fingerprint density at radius 1 is 1.16 bits per heavy atom. The van der Waals surface area contributed by atoms with Gasteiger partial charge in [0.1, 0.15) is 11.3 Å². The number of fused-ring (bicyclic) bond motifs is 1. The van der Waals surface area contributed by atoms with E-state index >= 15 is 0 Å². The van der Waals surface area contributed by atoms with E-state index in [1.807, 2.05) is 13.0 Å². The fraction of sp³-hybridized carbons (Fsp3) is 0.0870. The van der Waals surface area contributed by atoms with E-state index in [-0.39, 0.29) is 20.9 Å². The fourth-order valence-electron chi connectivity index (χ4n) is 3.78. The number of hydrogen-bond acceptors (Lipinski definition) is 6. The summed E-state index contributed by atoms with van der Waals surface area (Å²) in [6.07, 6.45) is 0. The fourth-order valence-corrected chi connectivity index (χ4v) is 5.49. The second kappa shape index (κ2) is 7.61. The number of Topliss-reactive ketones (excluding diaryl/α,β-unsaturated/α-hetero) is 1. The first-order valence-electron chi connectivity index (χ1n) is 9.52. The molecule has 1 N–H and O–H groups in total. The van der Waals surface area contributed by atoms with E-state index in [1.54, 1.807) is 35.7 Å². The van der Waals surface area contributed by atoms with Crippen LogP contribution in [0.2, 0.25) is 0 Å². The van der Waals surface area contributed by atoms with Gasteiger partial charge in [0.2, 0.25) is 5.78 Å². The van der Waals surface area contributed by atoms with Crippen LogP contribution in [0.5, 0.6) is 0 Å². The third-order valence-electron chi connectivity index (χ3n) is 5.16. The highest BCUT2D eigenvalue weighted by Gasteiger charge is 2.46. The van der Waals surface area contributed by atoms with Crippen LogP contribution in [0.3, 0.4) is 0 Å². The molecule has 0 saturated heterocycles. The number of nitrogens with zero attached hydrogens (tertiary/aromatic N) is 2. The molecule has 1 amide bonds. The summed E-state index contributed by atoms with van der Waals surface area (Å²) in [5.41, 5.74) is 1.32. The molecule has 2 aromatic heterocycles. The molecule has 0 bridgehead atoms. The highest BCUT2D eigenvalue weighted by atomic mass is 32.1. The molecule has 4 aromatic rings. The first-order valence-corrected chi connectivity index (χ1v) is 11.2. The van der Waals surface area contributed by atoms with Gasteiger partial charge in [-0.05, 0) is 30.0 Å². The Morgan fingerprint density at radius 3 is 2.69 bits per heavy atom. The lowest BCUT2D eigenvalue weighted by Gasteiger charge is -2.24. The lowest BCUT2D eigenvalue weighted by molar-refractivity contribution is -0.117. The number of carbonyl (C=O) groups is 2. The van der Waals surface area contributed by atoms with E-state index in [1.165, 1.54) is 16.2 Å². The van der Waals surface area contributed by atoms with Crippen LogP contribution in [0.15, 0.2) is 65.2 Å². The summed E-state index contributed by atoms with van der Waals surface area (Å²) >= 11 is 2.11. The molecule has 0 radical (unpaired) electrons. The van der Waals surface area contributed by atoms with Crippen molar-refractivity contribution in [1.29, 1.82) is 0 Å². The van der Waals surface area contributed by atoms with Crippen molar-refractivity contribution in [2.45, 2.75) is 13.0 Å². The Hall–Kier alpha value is -3.43. The average molecular weight is 469 g/mol. The molecule has 2 aromatic carbocycles. The zero-order chi connectivity index (χ0) is 22.6. The lowest BCUT2D eigenvalue weighted by atomic mass is 9.94. The summed E-state index contributed by atoms with van der Waals surface area (Å²) in [6, 6.07) is 11.4. The van der Waals surface area contributed by atoms with Gasteiger partial charge in [-0.3, -0.25) is 14.5 Å². The molecule has 0 aliphatic carbocycles. The third-order valence-corrected chi connectivity index (χ3v) is 7.03. The largest absolute Gasteiger partial charge is 0.503 e. The average Bonchev–Trinajstić information content (AvgIpc) is 3.47. The molecule has 1 aliphatic heterocycles. The number of aryl methyl sites for hydroxylation is 1. The number of aliphatic hydroxyl groups is 1. The minimum Gasteiger partial charge on any atom is -0.503 e. The Kier molecular flexibility index (Phi) is 4.87. The molecule has 5 nitrogen and oxygen atoms in total. The van der Waals surface area contributed by atoms with Crippen molar-refractivity contribution in [1.82, 2.24) is 4.98 Å². The van der Waals surface area contributed by atoms with E-state index in [4.69, 9.17) is 0 Å². The summed E-state index contributed by atoms with van der Waals surface area (Å²) in [4.78, 5) is 32.2. The topological polar surface area (TPSA) is 70.5 Å². The Balaban J connectivity index is 1.71. The number of ketones is 1. The van der Waals surface area contributed by atoms with E-state index in [9.17, 15) is 23.5 Å². The van der Waals surface area contributed by atoms with Gasteiger partial charge in [-0.15, -0.1) is 11.3 Å². The monoisotopic (exact) mass is 468 g/mol. The van der Waals surface area contributed by atoms with E-state index in [2.05, 4.69) is 4.98 Å². The van der Waals surface area contributed by atoms with Crippen LogP contribution in [-0.4, -0.2) is 21.8 Å². The van der Waals surface area contributed by atoms with Crippen molar-refractivity contribution in [3.8, 4) is 0 Å². The number of hydrogen-bond donors (Lipinski definition) is 1. The quantitative estimate of drug-likeness (QED) is 0.389. The summed E-state index contributed by atoms with van der Waals surface area (Å²) in [6.45, 7) is 1.87. The molecule has 0 spiro atoms. The zero-order valence-electron chi connectivity index (χ0n) is 16.5. The molecule has 32 heavy (non-hydrogen) atoms. The molecule has 1 aliphatic rings. The van der Waals surface area contributed by atoms with Gasteiger partial charge >= 0.3 is 0 Å². The number of aliphatic hydroxyl groups excluding tert-OH is 1. The maximum atomic E-state index is 14.3. The van der Waals surface area contributed by atoms with Gasteiger partial charge in [-0.2, -0.15) is 0 Å². The van der Waals surface area contributed by atoms with Crippen LogP contribution in [-0.2, 0) is 4.79 Å². The molecule has 0 saturated carbocycles. The van der Waals surface area contributed by atoms with Crippen LogP contribution in [0, 0.1) is 18.6 Å². The van der Waals surface area contributed by atoms with Crippen LogP contribution < -0.4 is 4.90 Å². The molecule has 5 rings (SSSR count). The normalized spacial score (nSPS) is 16.4. The smallest absolute Gasteiger partial charge is 0.296 e. The number of amides is 1. The predicted molar refractivity (Wildman–Crippen MR) is 119 cm³/mol. The van der Waals surface area contributed by atoms with Crippen LogP contribution in [0.25, 0.3) is 10.2 Å². The van der Waals surface area contributed by atoms with Gasteiger partial charge < -0.3 is 5.11 Å². The van der Waals surface area contributed by atoms with E-state index in [0.29, 0.717) is 10.4 Å². The second-order valence-electron chi connectivity index (χ2n) is 7.29. The van der Waals surface area contributed by atoms with Crippen LogP contribution >= 0.6 is 22.7 Å². The highest BCUT2D eigenvalue weighted by Crippen LogP contribution is 2.44. The molecule has 3 heterocycles. The molecule has 0 fully saturated rings. The minimum absolute atomic E-state index is 0.0570. The lowest BCUT2D eigenvalue weighted by Crippen LogP contribution is -2.31. The SMILES string of the molecule is Cc1cccc(C2C(C(=O)c3cccs3)=C(O)C(=O)N2c2nc3c(F)cc(F)cc3s2)c1. The van der Waals surface area contributed by atoms with Gasteiger partial charge in [-0.1, -0.05) is 47.2 Å². The minimum atomic E-state index is -0.967. The molecule has 160 valence electrons. The number of aromatic nitrogens is 1. The summed E-state index contributed by atoms with van der Waals surface area (Å²) < 4.78 is 28.2. The first kappa shape index (κ1) is 20.5. The van der Waals surface area contributed by atoms with Crippen molar-refractivity contribution >= 4 is 49.7 Å². The molecular weight excluding hydrogens is 454 g/mol. The standard InChI is InChI=1S/C23H14F2N2O3S2/c1-11-4-2-5-12(8-11)19-17(20(28)15-6-3-7-31-15)21(29)22(30)27(19)23-26-18-14(25)9-13(24)10-16(18)32-23/h2-10,19,29H,1H3. The van der Waals surface area contributed by atoms with Crippen molar-refractivity contribution < 1.29 is 23.5 Å². The van der Waals surface area contributed by atoms with Gasteiger partial charge in [0.05, 0.1) is 21.2 Å². The van der Waals surface area contributed by atoms with E-state index in [0.717, 1.165) is 29.0 Å². The molecule has 1 atom stereocenters. The summed E-state index contributed by atoms with van der Waals surface area (Å²) in [5, 5.41) is 12.5. The zero-order valence-corrected chi connectivity index (χ0v) is 18.1. The van der Waals surface area contributed by atoms with Gasteiger partial charge in [-0.25, -0.2) is 13.8 Å². The van der Waals surface area contributed by atoms with Crippen molar-refractivity contribution in [3.63, 3.8) is 0 Å². The Morgan fingerprint density at radius 2 is 1.97 bits per heavy atom. The number of rotatable bonds is 4. The Bertz CT molecular complexity index is 1430. The number of benzene rings is 2. The molecule has 1 unspecified atom stereocenters. The summed E-state index contributed by atoms with van der Waals surface area (Å²) in [7, 11) is 0.